The van der Waals surface area contributed by atoms with E-state index in [9.17, 15) is 9.59 Å². The molecule has 2 heterocycles. The molecule has 4 rings (SSSR count). The number of ether oxygens (including phenoxy) is 1. The fraction of sp³-hybridized carbons (Fsp3) is 0.333. The summed E-state index contributed by atoms with van der Waals surface area (Å²) in [6, 6.07) is 19.4. The molecule has 0 bridgehead atoms. The number of carbonyl (C=O) groups excluding carboxylic acids is 2. The number of nitrogens with zero attached hydrogens (tertiary/aromatic N) is 3. The minimum absolute atomic E-state index is 0.0309. The van der Waals surface area contributed by atoms with E-state index in [0.717, 1.165) is 11.1 Å². The summed E-state index contributed by atoms with van der Waals surface area (Å²) in [6.07, 6.45) is 1.10. The Morgan fingerprint density at radius 3 is 2.53 bits per heavy atom. The first-order valence-corrected chi connectivity index (χ1v) is 10.7. The molecule has 1 aliphatic rings. The van der Waals surface area contributed by atoms with Crippen LogP contribution in [-0.4, -0.2) is 64.7 Å². The highest BCUT2D eigenvalue weighted by Crippen LogP contribution is 2.27. The van der Waals surface area contributed by atoms with Gasteiger partial charge in [-0.3, -0.25) is 14.7 Å². The second-order valence-electron chi connectivity index (χ2n) is 7.91. The Hall–Kier alpha value is -3.52. The monoisotopic (exact) mass is 433 g/mol. The maximum Gasteiger partial charge on any atom is 0.246 e. The number of hydrogen-bond acceptors (Lipinski definition) is 5. The van der Waals surface area contributed by atoms with Crippen molar-refractivity contribution in [3.63, 3.8) is 0 Å². The Balaban J connectivity index is 1.48. The van der Waals surface area contributed by atoms with E-state index in [1.54, 1.807) is 4.90 Å². The van der Waals surface area contributed by atoms with Gasteiger partial charge in [-0.05, 0) is 12.0 Å². The van der Waals surface area contributed by atoms with Crippen LogP contribution in [0.1, 0.15) is 23.7 Å². The number of amides is 2. The molecule has 2 atom stereocenters. The average Bonchev–Trinajstić information content (AvgIpc) is 3.46. The lowest BCUT2D eigenvalue weighted by molar-refractivity contribution is -0.130. The molecular formula is C24H27N5O3. The second kappa shape index (κ2) is 10.2. The van der Waals surface area contributed by atoms with Crippen LogP contribution in [0.4, 0.5) is 0 Å². The van der Waals surface area contributed by atoms with Gasteiger partial charge < -0.3 is 15.0 Å². The Morgan fingerprint density at radius 2 is 1.81 bits per heavy atom. The number of hydrogen-bond donors (Lipinski definition) is 2. The van der Waals surface area contributed by atoms with Crippen LogP contribution >= 0.6 is 0 Å². The van der Waals surface area contributed by atoms with Gasteiger partial charge in [0.05, 0.1) is 12.0 Å². The van der Waals surface area contributed by atoms with Gasteiger partial charge in [0.1, 0.15) is 12.4 Å². The summed E-state index contributed by atoms with van der Waals surface area (Å²) >= 11 is 0. The molecule has 0 spiro atoms. The third-order valence-corrected chi connectivity index (χ3v) is 5.65. The van der Waals surface area contributed by atoms with E-state index in [1.165, 1.54) is 7.11 Å². The van der Waals surface area contributed by atoms with Gasteiger partial charge in [-0.25, -0.2) is 4.98 Å². The second-order valence-corrected chi connectivity index (χ2v) is 7.91. The van der Waals surface area contributed by atoms with Gasteiger partial charge in [0.2, 0.25) is 11.8 Å². The van der Waals surface area contributed by atoms with Crippen molar-refractivity contribution in [3.05, 3.63) is 72.1 Å². The van der Waals surface area contributed by atoms with Gasteiger partial charge in [0.25, 0.3) is 0 Å². The summed E-state index contributed by atoms with van der Waals surface area (Å²) in [5, 5.41) is 10.4. The standard InChI is InChI=1S/C24H27N5O3/c1-32-16-21(30)25-20-15-29(22(31)13-12-17-8-4-2-5-9-17)14-19(20)24-26-23(27-28-24)18-10-6-3-7-11-18/h2-11,19-20H,12-16H2,1H3,(H,25,30)(H,26,27,28). The first-order valence-electron chi connectivity index (χ1n) is 10.7. The molecule has 1 saturated heterocycles. The van der Waals surface area contributed by atoms with E-state index >= 15 is 0 Å². The molecule has 3 aromatic rings. The molecule has 8 nitrogen and oxygen atoms in total. The minimum Gasteiger partial charge on any atom is -0.375 e. The molecule has 2 N–H and O–H groups in total. The highest BCUT2D eigenvalue weighted by Gasteiger charge is 2.38. The molecule has 2 unspecified atom stereocenters. The Kier molecular flexibility index (Phi) is 6.91. The molecule has 2 amide bonds. The van der Waals surface area contributed by atoms with Crippen LogP contribution in [0.25, 0.3) is 11.4 Å². The van der Waals surface area contributed by atoms with Crippen molar-refractivity contribution >= 4 is 11.8 Å². The van der Waals surface area contributed by atoms with E-state index in [-0.39, 0.29) is 30.4 Å². The first-order chi connectivity index (χ1) is 15.6. The molecule has 1 aromatic heterocycles. The summed E-state index contributed by atoms with van der Waals surface area (Å²) in [4.78, 5) is 31.6. The van der Waals surface area contributed by atoms with Crippen LogP contribution in [0, 0.1) is 0 Å². The van der Waals surface area contributed by atoms with E-state index in [0.29, 0.717) is 37.6 Å². The maximum absolute atomic E-state index is 12.9. The predicted octanol–water partition coefficient (Wildman–Crippen LogP) is 2.16. The molecule has 166 valence electrons. The summed E-state index contributed by atoms with van der Waals surface area (Å²) in [6.45, 7) is 0.862. The minimum atomic E-state index is -0.269. The number of benzene rings is 2. The number of H-pyrrole nitrogens is 1. The number of rotatable bonds is 8. The largest absolute Gasteiger partial charge is 0.375 e. The van der Waals surface area contributed by atoms with Gasteiger partial charge in [0.15, 0.2) is 5.82 Å². The molecule has 0 aliphatic carbocycles. The summed E-state index contributed by atoms with van der Waals surface area (Å²) in [5.41, 5.74) is 2.04. The lowest BCUT2D eigenvalue weighted by Crippen LogP contribution is -2.42. The Morgan fingerprint density at radius 1 is 1.09 bits per heavy atom. The topological polar surface area (TPSA) is 100 Å². The Labute approximate surface area is 187 Å². The fourth-order valence-corrected chi connectivity index (χ4v) is 4.02. The number of nitrogens with one attached hydrogen (secondary N) is 2. The maximum atomic E-state index is 12.9. The van der Waals surface area contributed by atoms with Gasteiger partial charge in [-0.2, -0.15) is 5.10 Å². The average molecular weight is 434 g/mol. The molecule has 8 heteroatoms. The van der Waals surface area contributed by atoms with Crippen molar-refractivity contribution < 1.29 is 14.3 Å². The SMILES string of the molecule is COCC(=O)NC1CN(C(=O)CCc2ccccc2)CC1c1nc(-c2ccccc2)n[nH]1. The number of methoxy groups -OCH3 is 1. The zero-order chi connectivity index (χ0) is 22.3. The van der Waals surface area contributed by atoms with E-state index in [1.807, 2.05) is 60.7 Å². The molecule has 2 aromatic carbocycles. The number of aromatic nitrogens is 3. The predicted molar refractivity (Wildman–Crippen MR) is 120 cm³/mol. The van der Waals surface area contributed by atoms with Crippen LogP contribution in [0.5, 0.6) is 0 Å². The fourth-order valence-electron chi connectivity index (χ4n) is 4.02. The van der Waals surface area contributed by atoms with Gasteiger partial charge >= 0.3 is 0 Å². The number of likely N-dealkylation sites (tertiary alicyclic amines) is 1. The van der Waals surface area contributed by atoms with Gasteiger partial charge in [-0.15, -0.1) is 0 Å². The van der Waals surface area contributed by atoms with Gasteiger partial charge in [-0.1, -0.05) is 60.7 Å². The van der Waals surface area contributed by atoms with E-state index in [4.69, 9.17) is 4.74 Å². The summed E-state index contributed by atoms with van der Waals surface area (Å²) < 4.78 is 4.95. The van der Waals surface area contributed by atoms with E-state index in [2.05, 4.69) is 20.5 Å². The zero-order valence-corrected chi connectivity index (χ0v) is 18.0. The third-order valence-electron chi connectivity index (χ3n) is 5.65. The lowest BCUT2D eigenvalue weighted by Gasteiger charge is -2.17. The van der Waals surface area contributed by atoms with Crippen LogP contribution in [0.3, 0.4) is 0 Å². The van der Waals surface area contributed by atoms with E-state index < -0.39 is 0 Å². The van der Waals surface area contributed by atoms with Crippen LogP contribution in [0.2, 0.25) is 0 Å². The first kappa shape index (κ1) is 21.7. The lowest BCUT2D eigenvalue weighted by atomic mass is 10.0. The molecular weight excluding hydrogens is 406 g/mol. The third kappa shape index (κ3) is 5.20. The van der Waals surface area contributed by atoms with Crippen molar-refractivity contribution in [1.82, 2.24) is 25.4 Å². The molecule has 1 fully saturated rings. The molecule has 0 saturated carbocycles. The van der Waals surface area contributed by atoms with Crippen molar-refractivity contribution in [1.29, 1.82) is 0 Å². The summed E-state index contributed by atoms with van der Waals surface area (Å²) in [5.74, 6) is 0.914. The smallest absolute Gasteiger partial charge is 0.246 e. The molecule has 0 radical (unpaired) electrons. The number of aryl methyl sites for hydroxylation is 1. The van der Waals surface area contributed by atoms with Crippen molar-refractivity contribution in [2.75, 3.05) is 26.8 Å². The highest BCUT2D eigenvalue weighted by atomic mass is 16.5. The van der Waals surface area contributed by atoms with Gasteiger partial charge in [0, 0.05) is 32.2 Å². The summed E-state index contributed by atoms with van der Waals surface area (Å²) in [7, 11) is 1.48. The van der Waals surface area contributed by atoms with Crippen LogP contribution < -0.4 is 5.32 Å². The van der Waals surface area contributed by atoms with Crippen molar-refractivity contribution in [3.8, 4) is 11.4 Å². The quantitative estimate of drug-likeness (QED) is 0.567. The highest BCUT2D eigenvalue weighted by molar-refractivity contribution is 5.79. The van der Waals surface area contributed by atoms with Crippen molar-refractivity contribution in [2.45, 2.75) is 24.8 Å². The normalized spacial score (nSPS) is 18.0. The van der Waals surface area contributed by atoms with Crippen molar-refractivity contribution in [2.24, 2.45) is 0 Å². The van der Waals surface area contributed by atoms with Crippen LogP contribution in [0.15, 0.2) is 60.7 Å². The van der Waals surface area contributed by atoms with Crippen LogP contribution in [-0.2, 0) is 20.7 Å². The molecule has 32 heavy (non-hydrogen) atoms. The molecule has 1 aliphatic heterocycles. The zero-order valence-electron chi connectivity index (χ0n) is 18.0. The Bertz CT molecular complexity index is 1040. The number of aromatic amines is 1. The number of carbonyl (C=O) groups is 2.